The molecule has 0 aliphatic carbocycles. The zero-order valence-corrected chi connectivity index (χ0v) is 6.66. The number of amides is 1. The second-order valence-corrected chi connectivity index (χ2v) is 2.30. The van der Waals surface area contributed by atoms with E-state index in [4.69, 9.17) is 11.6 Å². The van der Waals surface area contributed by atoms with E-state index >= 15 is 0 Å². The molecule has 1 aliphatic rings. The van der Waals surface area contributed by atoms with Crippen LogP contribution in [0.2, 0.25) is 0 Å². The van der Waals surface area contributed by atoms with E-state index < -0.39 is 0 Å². The maximum Gasteiger partial charge on any atom is 0.365 e. The van der Waals surface area contributed by atoms with Crippen molar-refractivity contribution in [3.8, 4) is 0 Å². The van der Waals surface area contributed by atoms with Crippen LogP contribution in [0.15, 0.2) is 0 Å². The number of carbonyl (C=O) groups is 1. The Morgan fingerprint density at radius 3 is 3.18 bits per heavy atom. The molecule has 0 aromatic rings. The first-order chi connectivity index (χ1) is 5.33. The predicted molar refractivity (Wildman–Crippen MR) is 40.8 cm³/mol. The van der Waals surface area contributed by atoms with Crippen molar-refractivity contribution < 1.29 is 9.79 Å². The summed E-state index contributed by atoms with van der Waals surface area (Å²) in [5.74, 6) is 0.415. The van der Waals surface area contributed by atoms with Gasteiger partial charge in [-0.1, -0.05) is 0 Å². The summed E-state index contributed by atoms with van der Waals surface area (Å²) in [6.45, 7) is 1.72. The molecular formula is C5H10ClN4O+. The molecule has 0 aromatic carbocycles. The monoisotopic (exact) mass is 177 g/mol. The number of carbonyl (C=O) groups excluding carboxylic acids is 1. The second-order valence-electron chi connectivity index (χ2n) is 2.04. The minimum absolute atomic E-state index is 0.0414. The van der Waals surface area contributed by atoms with E-state index in [2.05, 4.69) is 21.2 Å². The SMILES string of the molecule is O=C(CCl)NNC1=[NH+]CCN1. The van der Waals surface area contributed by atoms with Crippen LogP contribution in [0.4, 0.5) is 0 Å². The highest BCUT2D eigenvalue weighted by Crippen LogP contribution is 1.70. The van der Waals surface area contributed by atoms with Crippen molar-refractivity contribution in [1.29, 1.82) is 0 Å². The highest BCUT2D eigenvalue weighted by molar-refractivity contribution is 6.27. The van der Waals surface area contributed by atoms with E-state index in [0.29, 0.717) is 5.96 Å². The Bertz CT molecular complexity index is 181. The maximum atomic E-state index is 10.6. The molecule has 0 aromatic heterocycles. The van der Waals surface area contributed by atoms with Gasteiger partial charge >= 0.3 is 5.96 Å². The van der Waals surface area contributed by atoms with Crippen molar-refractivity contribution in [2.45, 2.75) is 0 Å². The van der Waals surface area contributed by atoms with E-state index in [1.807, 2.05) is 0 Å². The van der Waals surface area contributed by atoms with Gasteiger partial charge in [-0.25, -0.2) is 5.43 Å². The lowest BCUT2D eigenvalue weighted by molar-refractivity contribution is -0.447. The van der Waals surface area contributed by atoms with Gasteiger partial charge in [-0.05, 0) is 0 Å². The summed E-state index contributed by atoms with van der Waals surface area (Å²) in [6.07, 6.45) is 0. The minimum atomic E-state index is -0.255. The van der Waals surface area contributed by atoms with Gasteiger partial charge in [-0.3, -0.25) is 15.1 Å². The van der Waals surface area contributed by atoms with Gasteiger partial charge in [0.15, 0.2) is 0 Å². The van der Waals surface area contributed by atoms with Crippen LogP contribution in [-0.2, 0) is 4.79 Å². The topological polar surface area (TPSA) is 67.1 Å². The van der Waals surface area contributed by atoms with E-state index in [9.17, 15) is 4.79 Å². The average molecular weight is 178 g/mol. The highest BCUT2D eigenvalue weighted by Gasteiger charge is 2.11. The Labute approximate surface area is 69.2 Å². The van der Waals surface area contributed by atoms with Crippen LogP contribution in [0.3, 0.4) is 0 Å². The fraction of sp³-hybridized carbons (Fsp3) is 0.600. The highest BCUT2D eigenvalue weighted by atomic mass is 35.5. The van der Waals surface area contributed by atoms with Gasteiger partial charge in [0.2, 0.25) is 0 Å². The van der Waals surface area contributed by atoms with E-state index in [1.54, 1.807) is 0 Å². The van der Waals surface area contributed by atoms with Crippen LogP contribution in [0.1, 0.15) is 0 Å². The smallest absolute Gasteiger partial charge is 0.273 e. The van der Waals surface area contributed by atoms with Crippen molar-refractivity contribution in [1.82, 2.24) is 16.2 Å². The Morgan fingerprint density at radius 1 is 1.82 bits per heavy atom. The van der Waals surface area contributed by atoms with Gasteiger partial charge in [-0.2, -0.15) is 5.43 Å². The lowest BCUT2D eigenvalue weighted by atomic mass is 10.7. The van der Waals surface area contributed by atoms with Crippen molar-refractivity contribution in [2.75, 3.05) is 19.0 Å². The van der Waals surface area contributed by atoms with Crippen LogP contribution >= 0.6 is 11.6 Å². The Kier molecular flexibility index (Phi) is 2.97. The summed E-state index contributed by atoms with van der Waals surface area (Å²) in [7, 11) is 0. The summed E-state index contributed by atoms with van der Waals surface area (Å²) in [5, 5.41) is 2.97. The van der Waals surface area contributed by atoms with Crippen molar-refractivity contribution in [3.05, 3.63) is 0 Å². The number of hydrogen-bond donors (Lipinski definition) is 4. The van der Waals surface area contributed by atoms with Crippen molar-refractivity contribution in [2.24, 2.45) is 0 Å². The third-order valence-electron chi connectivity index (χ3n) is 1.18. The zero-order valence-electron chi connectivity index (χ0n) is 5.91. The molecule has 1 aliphatic heterocycles. The van der Waals surface area contributed by atoms with Gasteiger partial charge in [0, 0.05) is 0 Å². The molecular weight excluding hydrogens is 168 g/mol. The van der Waals surface area contributed by atoms with Crippen LogP contribution in [-0.4, -0.2) is 30.8 Å². The van der Waals surface area contributed by atoms with Crippen LogP contribution in [0, 0.1) is 0 Å². The number of hydrogen-bond acceptors (Lipinski definition) is 3. The first kappa shape index (κ1) is 8.13. The summed E-state index contributed by atoms with van der Waals surface area (Å²) < 4.78 is 0. The third-order valence-corrected chi connectivity index (χ3v) is 1.42. The molecule has 0 unspecified atom stereocenters. The summed E-state index contributed by atoms with van der Waals surface area (Å²) in [6, 6.07) is 0. The van der Waals surface area contributed by atoms with E-state index in [1.165, 1.54) is 0 Å². The van der Waals surface area contributed by atoms with Gasteiger partial charge in [0.25, 0.3) is 5.91 Å². The molecule has 1 heterocycles. The summed E-state index contributed by atoms with van der Waals surface area (Å²) in [5.41, 5.74) is 5.03. The third kappa shape index (κ3) is 2.63. The van der Waals surface area contributed by atoms with Gasteiger partial charge in [0.1, 0.15) is 5.88 Å². The summed E-state index contributed by atoms with van der Waals surface area (Å²) >= 11 is 5.24. The first-order valence-corrected chi connectivity index (χ1v) is 3.82. The maximum absolute atomic E-state index is 10.6. The van der Waals surface area contributed by atoms with Crippen LogP contribution in [0.5, 0.6) is 0 Å². The first-order valence-electron chi connectivity index (χ1n) is 3.28. The molecule has 0 saturated carbocycles. The zero-order chi connectivity index (χ0) is 8.10. The quantitative estimate of drug-likeness (QED) is 0.253. The number of nitrogens with one attached hydrogen (secondary N) is 4. The van der Waals surface area contributed by atoms with Gasteiger partial charge < -0.3 is 0 Å². The number of rotatable bonds is 1. The molecule has 0 radical (unpaired) electrons. The van der Waals surface area contributed by atoms with Gasteiger partial charge in [0.05, 0.1) is 13.1 Å². The van der Waals surface area contributed by atoms with E-state index in [0.717, 1.165) is 13.1 Å². The molecule has 1 amide bonds. The summed E-state index contributed by atoms with van der Waals surface area (Å²) in [4.78, 5) is 13.6. The second kappa shape index (κ2) is 4.02. The molecule has 0 atom stereocenters. The Balaban J connectivity index is 2.16. The lowest BCUT2D eigenvalue weighted by Crippen LogP contribution is -2.75. The molecule has 62 valence electrons. The van der Waals surface area contributed by atoms with Crippen LogP contribution in [0.25, 0.3) is 0 Å². The molecule has 0 spiro atoms. The number of alkyl halides is 1. The molecule has 6 heteroatoms. The molecule has 0 saturated heterocycles. The van der Waals surface area contributed by atoms with Crippen molar-refractivity contribution in [3.63, 3.8) is 0 Å². The molecule has 0 fully saturated rings. The largest absolute Gasteiger partial charge is 0.365 e. The van der Waals surface area contributed by atoms with Gasteiger partial charge in [-0.15, -0.1) is 11.6 Å². The molecule has 1 rings (SSSR count). The lowest BCUT2D eigenvalue weighted by Gasteiger charge is -1.98. The molecule has 4 N–H and O–H groups in total. The average Bonchev–Trinajstić information content (AvgIpc) is 2.52. The minimum Gasteiger partial charge on any atom is -0.273 e. The Morgan fingerprint density at radius 2 is 2.64 bits per heavy atom. The molecule has 11 heavy (non-hydrogen) atoms. The molecule has 5 nitrogen and oxygen atoms in total. The number of guanidine groups is 1. The predicted octanol–water partition coefficient (Wildman–Crippen LogP) is -3.11. The fourth-order valence-corrected chi connectivity index (χ4v) is 0.758. The standard InChI is InChI=1S/C5H9ClN4O/c6-3-4(11)9-10-5-7-1-2-8-5/h1-3H2,(H,9,11)(H2,7,8,10)/p+1. The number of hydrazine groups is 1. The normalized spacial score (nSPS) is 15.2. The van der Waals surface area contributed by atoms with E-state index in [-0.39, 0.29) is 11.8 Å². The fourth-order valence-electron chi connectivity index (χ4n) is 0.692. The number of halogens is 1. The molecule has 0 bridgehead atoms. The van der Waals surface area contributed by atoms with Crippen molar-refractivity contribution >= 4 is 23.5 Å². The van der Waals surface area contributed by atoms with Crippen LogP contribution < -0.4 is 21.2 Å². The Hall–Kier alpha value is -0.970.